The molecule has 2 aromatic rings. The standard InChI is InChI=1S/C17H21N3O2S2/c1-20(11-16(21)18-10-13-6-5-9-24-13)12-17(22)19-14-7-3-4-8-15(14)23-2/h3-9H,10-12H2,1-2H3,(H,18,21)(H,19,22). The zero-order valence-electron chi connectivity index (χ0n) is 13.7. The van der Waals surface area contributed by atoms with E-state index in [1.807, 2.05) is 48.0 Å². The third-order valence-electron chi connectivity index (χ3n) is 3.25. The van der Waals surface area contributed by atoms with Crippen LogP contribution in [0.2, 0.25) is 0 Å². The van der Waals surface area contributed by atoms with Crippen LogP contribution < -0.4 is 10.6 Å². The number of anilines is 1. The minimum atomic E-state index is -0.134. The van der Waals surface area contributed by atoms with E-state index in [1.54, 1.807) is 35.0 Å². The molecule has 0 bridgehead atoms. The van der Waals surface area contributed by atoms with Gasteiger partial charge in [-0.25, -0.2) is 0 Å². The molecule has 2 amide bonds. The van der Waals surface area contributed by atoms with Crippen molar-refractivity contribution in [2.24, 2.45) is 0 Å². The van der Waals surface area contributed by atoms with Gasteiger partial charge in [-0.15, -0.1) is 23.1 Å². The first kappa shape index (κ1) is 18.5. The van der Waals surface area contributed by atoms with Crippen molar-refractivity contribution in [1.82, 2.24) is 10.2 Å². The van der Waals surface area contributed by atoms with Gasteiger partial charge in [0, 0.05) is 9.77 Å². The number of hydrogen-bond acceptors (Lipinski definition) is 5. The average Bonchev–Trinajstić information content (AvgIpc) is 3.06. The first-order chi connectivity index (χ1) is 11.6. The third-order valence-corrected chi connectivity index (χ3v) is 4.92. The van der Waals surface area contributed by atoms with Crippen molar-refractivity contribution in [2.75, 3.05) is 31.7 Å². The molecule has 0 spiro atoms. The summed E-state index contributed by atoms with van der Waals surface area (Å²) in [6, 6.07) is 11.6. The smallest absolute Gasteiger partial charge is 0.238 e. The highest BCUT2D eigenvalue weighted by Crippen LogP contribution is 2.24. The molecule has 2 rings (SSSR count). The van der Waals surface area contributed by atoms with E-state index in [2.05, 4.69) is 10.6 Å². The second-order valence-electron chi connectivity index (χ2n) is 5.28. The maximum atomic E-state index is 12.1. The highest BCUT2D eigenvalue weighted by Gasteiger charge is 2.12. The maximum Gasteiger partial charge on any atom is 0.238 e. The van der Waals surface area contributed by atoms with Crippen molar-refractivity contribution < 1.29 is 9.59 Å². The summed E-state index contributed by atoms with van der Waals surface area (Å²) in [4.78, 5) is 27.9. The fourth-order valence-corrected chi connectivity index (χ4v) is 3.34. The summed E-state index contributed by atoms with van der Waals surface area (Å²) in [5.41, 5.74) is 0.797. The van der Waals surface area contributed by atoms with Gasteiger partial charge in [-0.2, -0.15) is 0 Å². The molecule has 2 N–H and O–H groups in total. The van der Waals surface area contributed by atoms with Gasteiger partial charge in [0.05, 0.1) is 25.3 Å². The first-order valence-corrected chi connectivity index (χ1v) is 9.59. The Kier molecular flexibility index (Phi) is 7.30. The van der Waals surface area contributed by atoms with Gasteiger partial charge >= 0.3 is 0 Å². The minimum Gasteiger partial charge on any atom is -0.350 e. The van der Waals surface area contributed by atoms with Crippen LogP contribution in [-0.2, 0) is 16.1 Å². The van der Waals surface area contributed by atoms with Crippen LogP contribution in [0.5, 0.6) is 0 Å². The van der Waals surface area contributed by atoms with Crippen molar-refractivity contribution >= 4 is 40.6 Å². The SMILES string of the molecule is CSc1ccccc1NC(=O)CN(C)CC(=O)NCc1cccs1. The van der Waals surface area contributed by atoms with Crippen molar-refractivity contribution in [3.8, 4) is 0 Å². The molecule has 1 aromatic carbocycles. The highest BCUT2D eigenvalue weighted by atomic mass is 32.2. The van der Waals surface area contributed by atoms with E-state index in [9.17, 15) is 9.59 Å². The molecule has 0 aliphatic rings. The normalized spacial score (nSPS) is 10.6. The largest absolute Gasteiger partial charge is 0.350 e. The minimum absolute atomic E-state index is 0.0942. The summed E-state index contributed by atoms with van der Waals surface area (Å²) in [6.45, 7) is 0.871. The quantitative estimate of drug-likeness (QED) is 0.708. The molecule has 128 valence electrons. The Morgan fingerprint density at radius 3 is 2.58 bits per heavy atom. The van der Waals surface area contributed by atoms with Crippen LogP contribution in [0.4, 0.5) is 5.69 Å². The number of para-hydroxylation sites is 1. The van der Waals surface area contributed by atoms with Gasteiger partial charge in [0.2, 0.25) is 11.8 Å². The van der Waals surface area contributed by atoms with Crippen LogP contribution in [-0.4, -0.2) is 43.1 Å². The van der Waals surface area contributed by atoms with Gasteiger partial charge in [-0.3, -0.25) is 14.5 Å². The van der Waals surface area contributed by atoms with Crippen LogP contribution in [0.3, 0.4) is 0 Å². The van der Waals surface area contributed by atoms with E-state index < -0.39 is 0 Å². The lowest BCUT2D eigenvalue weighted by molar-refractivity contribution is -0.123. The Morgan fingerprint density at radius 1 is 1.12 bits per heavy atom. The number of rotatable bonds is 8. The number of amides is 2. The highest BCUT2D eigenvalue weighted by molar-refractivity contribution is 7.98. The molecule has 0 fully saturated rings. The molecular formula is C17H21N3O2S2. The molecule has 7 heteroatoms. The lowest BCUT2D eigenvalue weighted by Crippen LogP contribution is -2.38. The molecule has 0 radical (unpaired) electrons. The Bertz CT molecular complexity index is 674. The lowest BCUT2D eigenvalue weighted by Gasteiger charge is -2.16. The van der Waals surface area contributed by atoms with Crippen molar-refractivity contribution in [3.63, 3.8) is 0 Å². The first-order valence-electron chi connectivity index (χ1n) is 7.49. The number of benzene rings is 1. The van der Waals surface area contributed by atoms with Crippen LogP contribution >= 0.6 is 23.1 Å². The molecule has 5 nitrogen and oxygen atoms in total. The van der Waals surface area contributed by atoms with E-state index in [0.29, 0.717) is 6.54 Å². The second-order valence-corrected chi connectivity index (χ2v) is 7.16. The molecule has 0 saturated carbocycles. The molecular weight excluding hydrogens is 342 g/mol. The Morgan fingerprint density at radius 2 is 1.88 bits per heavy atom. The zero-order chi connectivity index (χ0) is 17.4. The van der Waals surface area contributed by atoms with E-state index >= 15 is 0 Å². The average molecular weight is 364 g/mol. The predicted octanol–water partition coefficient (Wildman–Crippen LogP) is 2.66. The molecule has 1 heterocycles. The van der Waals surface area contributed by atoms with E-state index in [1.165, 1.54) is 0 Å². The molecule has 0 atom stereocenters. The van der Waals surface area contributed by atoms with Crippen molar-refractivity contribution in [2.45, 2.75) is 11.4 Å². The van der Waals surface area contributed by atoms with Gasteiger partial charge in [0.15, 0.2) is 0 Å². The van der Waals surface area contributed by atoms with Crippen LogP contribution in [0.15, 0.2) is 46.7 Å². The predicted molar refractivity (Wildman–Crippen MR) is 101 cm³/mol. The summed E-state index contributed by atoms with van der Waals surface area (Å²) in [6.07, 6.45) is 1.97. The number of nitrogens with one attached hydrogen (secondary N) is 2. The lowest BCUT2D eigenvalue weighted by atomic mass is 10.3. The summed E-state index contributed by atoms with van der Waals surface area (Å²) >= 11 is 3.19. The molecule has 0 saturated heterocycles. The van der Waals surface area contributed by atoms with E-state index in [4.69, 9.17) is 0 Å². The summed E-state index contributed by atoms with van der Waals surface area (Å²) in [5.74, 6) is -0.228. The summed E-state index contributed by atoms with van der Waals surface area (Å²) in [7, 11) is 1.75. The Balaban J connectivity index is 1.75. The zero-order valence-corrected chi connectivity index (χ0v) is 15.4. The second kappa shape index (κ2) is 9.46. The fourth-order valence-electron chi connectivity index (χ4n) is 2.14. The Hall–Kier alpha value is -1.83. The third kappa shape index (κ3) is 5.99. The summed E-state index contributed by atoms with van der Waals surface area (Å²) in [5, 5.41) is 7.72. The van der Waals surface area contributed by atoms with Crippen LogP contribution in [0, 0.1) is 0 Å². The number of thioether (sulfide) groups is 1. The number of likely N-dealkylation sites (N-methyl/N-ethyl adjacent to an activating group) is 1. The van der Waals surface area contributed by atoms with Crippen molar-refractivity contribution in [1.29, 1.82) is 0 Å². The van der Waals surface area contributed by atoms with Gasteiger partial charge < -0.3 is 10.6 Å². The van der Waals surface area contributed by atoms with Gasteiger partial charge in [0.1, 0.15) is 0 Å². The van der Waals surface area contributed by atoms with Crippen LogP contribution in [0.1, 0.15) is 4.88 Å². The topological polar surface area (TPSA) is 61.4 Å². The van der Waals surface area contributed by atoms with Crippen LogP contribution in [0.25, 0.3) is 0 Å². The number of nitrogens with zero attached hydrogens (tertiary/aromatic N) is 1. The molecule has 24 heavy (non-hydrogen) atoms. The molecule has 0 aliphatic heterocycles. The van der Waals surface area contributed by atoms with E-state index in [-0.39, 0.29) is 24.9 Å². The number of carbonyl (C=O) groups is 2. The molecule has 0 aliphatic carbocycles. The molecule has 1 aromatic heterocycles. The summed E-state index contributed by atoms with van der Waals surface area (Å²) < 4.78 is 0. The monoisotopic (exact) mass is 363 g/mol. The fraction of sp³-hybridized carbons (Fsp3) is 0.294. The molecule has 0 unspecified atom stereocenters. The number of hydrogen-bond donors (Lipinski definition) is 2. The van der Waals surface area contributed by atoms with Gasteiger partial charge in [0.25, 0.3) is 0 Å². The number of carbonyl (C=O) groups excluding carboxylic acids is 2. The maximum absolute atomic E-state index is 12.1. The van der Waals surface area contributed by atoms with Crippen molar-refractivity contribution in [3.05, 3.63) is 46.7 Å². The Labute approximate surface area is 150 Å². The van der Waals surface area contributed by atoms with E-state index in [0.717, 1.165) is 15.5 Å². The van der Waals surface area contributed by atoms with Gasteiger partial charge in [-0.1, -0.05) is 18.2 Å². The number of thiophene rings is 1. The van der Waals surface area contributed by atoms with Gasteiger partial charge in [-0.05, 0) is 36.9 Å².